The van der Waals surface area contributed by atoms with Gasteiger partial charge in [-0.25, -0.2) is 9.97 Å². The molecule has 0 aliphatic rings. The molecule has 0 aliphatic heterocycles. The molecule has 0 aliphatic carbocycles. The highest BCUT2D eigenvalue weighted by Gasteiger charge is 2.27. The van der Waals surface area contributed by atoms with Crippen molar-refractivity contribution in [1.29, 1.82) is 0 Å². The van der Waals surface area contributed by atoms with Gasteiger partial charge >= 0.3 is 0 Å². The van der Waals surface area contributed by atoms with Crippen LogP contribution in [0.3, 0.4) is 0 Å². The molecule has 0 saturated carbocycles. The minimum atomic E-state index is -0.0742. The summed E-state index contributed by atoms with van der Waals surface area (Å²) in [7, 11) is 0. The van der Waals surface area contributed by atoms with Crippen molar-refractivity contribution in [2.45, 2.75) is 0 Å². The van der Waals surface area contributed by atoms with E-state index in [-0.39, 0.29) is 11.1 Å². The van der Waals surface area contributed by atoms with Crippen LogP contribution in [0.2, 0.25) is 0 Å². The second-order valence-corrected chi connectivity index (χ2v) is 29.2. The van der Waals surface area contributed by atoms with Crippen molar-refractivity contribution in [2.24, 2.45) is 0 Å². The summed E-state index contributed by atoms with van der Waals surface area (Å²) in [6, 6.07) is 144. The molecule has 532 valence electrons. The Morgan fingerprint density at radius 3 is 0.842 bits per heavy atom. The normalized spacial score (nSPS) is 11.6. The SMILES string of the molecule is O=c1c2cccc3c(-c4ccccc4-c4ccccc4)ccc(c32)c2nc3c(-c4ccccc4-c4ccccc4)cc(-c4ccccc4-c4ccccc4)cc3n12.O=c1c2cccc3c(-c4ccccc4-c4ccccc4)ccc(c32)c2nc3cc(-c4ccccc4-c4ccccc4)cc(-c4ccccc4-c4ccccc4)c3n12. The maximum Gasteiger partial charge on any atom is 0.264 e. The molecule has 0 bridgehead atoms. The third kappa shape index (κ3) is 11.3. The van der Waals surface area contributed by atoms with E-state index >= 15 is 9.59 Å². The lowest BCUT2D eigenvalue weighted by Crippen LogP contribution is -2.13. The Balaban J connectivity index is 0.000000143. The van der Waals surface area contributed by atoms with Gasteiger partial charge in [-0.15, -0.1) is 0 Å². The summed E-state index contributed by atoms with van der Waals surface area (Å²) in [5, 5.41) is 7.19. The highest BCUT2D eigenvalue weighted by Crippen LogP contribution is 2.48. The quantitative estimate of drug-likeness (QED) is 0.122. The summed E-state index contributed by atoms with van der Waals surface area (Å²) < 4.78 is 3.72. The molecule has 0 N–H and O–H groups in total. The largest absolute Gasteiger partial charge is 0.268 e. The number of fused-ring (bicyclic) bond motifs is 8. The van der Waals surface area contributed by atoms with Gasteiger partial charge in [-0.3, -0.25) is 18.4 Å². The first-order valence-corrected chi connectivity index (χ1v) is 38.7. The minimum absolute atomic E-state index is 0.0741. The standard InChI is InChI=1S/2C54H34N2O/c57-54-48-30-16-29-46-45(43-27-14-12-24-40(43)36-19-6-2-7-20-36)31-32-47(51(46)48)53-55-52-49(44-28-15-13-25-41(44)37-21-8-3-9-22-37)33-38(34-50(52)56(53)54)42-26-11-10-23-39(42)35-17-4-1-5-18-35;57-54-48-30-16-29-46-45(43-27-14-12-24-40(43)36-19-6-2-7-20-36)31-32-47(51(46)48)53-55-50-34-38(42-26-11-10-23-39(42)35-17-4-1-5-18-35)33-49(52(50)56(53)54)44-28-15-13-25-41(44)37-21-8-3-9-22-37/h2*1-34H. The van der Waals surface area contributed by atoms with Crippen LogP contribution in [0.5, 0.6) is 0 Å². The van der Waals surface area contributed by atoms with Crippen LogP contribution in [0.15, 0.2) is 422 Å². The molecule has 114 heavy (non-hydrogen) atoms. The van der Waals surface area contributed by atoms with Gasteiger partial charge < -0.3 is 0 Å². The van der Waals surface area contributed by atoms with E-state index < -0.39 is 0 Å². The molecule has 4 heterocycles. The minimum Gasteiger partial charge on any atom is -0.268 e. The number of imidazole rings is 2. The Labute approximate surface area is 657 Å². The molecule has 0 atom stereocenters. The predicted octanol–water partition coefficient (Wildman–Crippen LogP) is 27.2. The van der Waals surface area contributed by atoms with Crippen molar-refractivity contribution < 1.29 is 0 Å². The third-order valence-corrected chi connectivity index (χ3v) is 22.8. The van der Waals surface area contributed by atoms with Gasteiger partial charge in [0.2, 0.25) is 0 Å². The van der Waals surface area contributed by atoms with E-state index in [1.54, 1.807) is 0 Å². The number of pyridine rings is 2. The van der Waals surface area contributed by atoms with Gasteiger partial charge in [0.25, 0.3) is 11.1 Å². The summed E-state index contributed by atoms with van der Waals surface area (Å²) in [4.78, 5) is 41.1. The van der Waals surface area contributed by atoms with Gasteiger partial charge in [0.15, 0.2) is 0 Å². The first-order chi connectivity index (χ1) is 56.5. The van der Waals surface area contributed by atoms with E-state index in [0.717, 1.165) is 188 Å². The fourth-order valence-electron chi connectivity index (χ4n) is 17.7. The van der Waals surface area contributed by atoms with Crippen LogP contribution in [0.1, 0.15) is 0 Å². The second-order valence-electron chi connectivity index (χ2n) is 29.2. The number of rotatable bonds is 12. The maximum atomic E-state index is 15.2. The highest BCUT2D eigenvalue weighted by atomic mass is 16.1. The zero-order chi connectivity index (χ0) is 75.7. The van der Waals surface area contributed by atoms with E-state index in [1.165, 1.54) is 0 Å². The average molecular weight is 1450 g/mol. The lowest BCUT2D eigenvalue weighted by atomic mass is 9.89. The van der Waals surface area contributed by atoms with Gasteiger partial charge in [0.05, 0.1) is 22.1 Å². The predicted molar refractivity (Wildman–Crippen MR) is 476 cm³/mol. The number of aromatic nitrogens is 4. The van der Waals surface area contributed by atoms with Crippen LogP contribution in [-0.4, -0.2) is 18.8 Å². The van der Waals surface area contributed by atoms with Crippen LogP contribution in [0.4, 0.5) is 0 Å². The summed E-state index contributed by atoms with van der Waals surface area (Å²) in [6.45, 7) is 0. The Morgan fingerprint density at radius 2 is 0.465 bits per heavy atom. The van der Waals surface area contributed by atoms with Crippen molar-refractivity contribution in [1.82, 2.24) is 18.8 Å². The molecule has 0 spiro atoms. The molecule has 6 nitrogen and oxygen atoms in total. The smallest absolute Gasteiger partial charge is 0.264 e. The summed E-state index contributed by atoms with van der Waals surface area (Å²) in [5.41, 5.74) is 30.6. The Kier molecular flexibility index (Phi) is 16.4. The van der Waals surface area contributed by atoms with Gasteiger partial charge in [-0.05, 0) is 182 Å². The topological polar surface area (TPSA) is 68.7 Å². The zero-order valence-corrected chi connectivity index (χ0v) is 61.9. The van der Waals surface area contributed by atoms with Crippen LogP contribution >= 0.6 is 0 Å². The first kappa shape index (κ1) is 66.9. The second kappa shape index (κ2) is 28.0. The van der Waals surface area contributed by atoms with Crippen molar-refractivity contribution in [3.63, 3.8) is 0 Å². The summed E-state index contributed by atoms with van der Waals surface area (Å²) in [6.07, 6.45) is 0. The van der Waals surface area contributed by atoms with Gasteiger partial charge in [-0.2, -0.15) is 0 Å². The van der Waals surface area contributed by atoms with Gasteiger partial charge in [0, 0.05) is 43.4 Å². The van der Waals surface area contributed by atoms with Crippen LogP contribution in [0.25, 0.3) is 210 Å². The molecule has 0 fully saturated rings. The molecule has 0 saturated heterocycles. The third-order valence-electron chi connectivity index (χ3n) is 22.8. The van der Waals surface area contributed by atoms with Crippen LogP contribution in [0, 0.1) is 0 Å². The lowest BCUT2D eigenvalue weighted by molar-refractivity contribution is 1.19. The number of benzene rings is 18. The van der Waals surface area contributed by atoms with Crippen molar-refractivity contribution in [3.05, 3.63) is 433 Å². The highest BCUT2D eigenvalue weighted by molar-refractivity contribution is 6.22. The van der Waals surface area contributed by atoms with E-state index in [4.69, 9.17) is 9.97 Å². The maximum absolute atomic E-state index is 15.2. The Bertz CT molecular complexity index is 7470. The molecule has 0 unspecified atom stereocenters. The molecule has 22 aromatic rings. The lowest BCUT2D eigenvalue weighted by Gasteiger charge is -2.16. The van der Waals surface area contributed by atoms with Gasteiger partial charge in [-0.1, -0.05) is 364 Å². The monoisotopic (exact) mass is 1450 g/mol. The number of nitrogens with zero attached hydrogens (tertiary/aromatic N) is 4. The molecule has 18 aromatic carbocycles. The van der Waals surface area contributed by atoms with Crippen LogP contribution < -0.4 is 11.1 Å². The van der Waals surface area contributed by atoms with E-state index in [1.807, 2.05) is 69.5 Å². The van der Waals surface area contributed by atoms with Crippen molar-refractivity contribution in [3.8, 4) is 134 Å². The fourth-order valence-corrected chi connectivity index (χ4v) is 17.7. The molecule has 0 radical (unpaired) electrons. The molecular formula is C108H68N4O2. The molecule has 6 heteroatoms. The molecule has 22 rings (SSSR count). The summed E-state index contributed by atoms with van der Waals surface area (Å²) in [5.74, 6) is 0. The molecule has 4 aromatic heterocycles. The molecular weight excluding hydrogens is 1390 g/mol. The van der Waals surface area contributed by atoms with E-state index in [9.17, 15) is 0 Å². The van der Waals surface area contributed by atoms with Crippen molar-refractivity contribution >= 4 is 76.5 Å². The average Bonchev–Trinajstić information content (AvgIpc) is 1.50. The Hall–Kier alpha value is -15.2. The van der Waals surface area contributed by atoms with Crippen LogP contribution in [-0.2, 0) is 0 Å². The summed E-state index contributed by atoms with van der Waals surface area (Å²) >= 11 is 0. The molecule has 0 amide bonds. The number of hydrogen-bond donors (Lipinski definition) is 0. The Morgan fingerprint density at radius 1 is 0.184 bits per heavy atom. The van der Waals surface area contributed by atoms with Crippen molar-refractivity contribution in [2.75, 3.05) is 0 Å². The van der Waals surface area contributed by atoms with E-state index in [2.05, 4.69) is 352 Å². The van der Waals surface area contributed by atoms with Gasteiger partial charge in [0.1, 0.15) is 11.3 Å². The van der Waals surface area contributed by atoms with E-state index in [0.29, 0.717) is 22.1 Å². The number of hydrogen-bond acceptors (Lipinski definition) is 4. The first-order valence-electron chi connectivity index (χ1n) is 38.7. The fraction of sp³-hybridized carbons (Fsp3) is 0. The zero-order valence-electron chi connectivity index (χ0n) is 61.9.